The molecule has 0 aliphatic rings. The van der Waals surface area contributed by atoms with Crippen LogP contribution >= 0.6 is 0 Å². The molecular formula is C13H20N4O. The van der Waals surface area contributed by atoms with Crippen molar-refractivity contribution in [1.82, 2.24) is 20.3 Å². The number of nitrogens with zero attached hydrogens (tertiary/aromatic N) is 3. The molecule has 0 radical (unpaired) electrons. The van der Waals surface area contributed by atoms with Crippen LogP contribution < -0.4 is 5.32 Å². The highest BCUT2D eigenvalue weighted by Crippen LogP contribution is 2.14. The molecular weight excluding hydrogens is 228 g/mol. The molecule has 2 aromatic heterocycles. The summed E-state index contributed by atoms with van der Waals surface area (Å²) in [5, 5.41) is 11.7. The maximum Gasteiger partial charge on any atom is 0.138 e. The van der Waals surface area contributed by atoms with E-state index in [4.69, 9.17) is 4.52 Å². The standard InChI is InChI=1S/C13H20N4O/c1-9(11(3)17-7-5-6-15-17)14-8-13-10(2)16-18-12(13)4/h5-7,9,11,14H,8H2,1-4H3/t9-,11+/m1/s1. The van der Waals surface area contributed by atoms with Gasteiger partial charge in [0.1, 0.15) is 5.76 Å². The first kappa shape index (κ1) is 12.8. The van der Waals surface area contributed by atoms with E-state index in [1.807, 2.05) is 30.8 Å². The summed E-state index contributed by atoms with van der Waals surface area (Å²) in [7, 11) is 0. The zero-order valence-corrected chi connectivity index (χ0v) is 11.3. The minimum absolute atomic E-state index is 0.306. The van der Waals surface area contributed by atoms with E-state index in [0.717, 1.165) is 23.6 Å². The number of hydrogen-bond acceptors (Lipinski definition) is 4. The number of nitrogens with one attached hydrogen (secondary N) is 1. The molecule has 0 aliphatic carbocycles. The van der Waals surface area contributed by atoms with E-state index in [-0.39, 0.29) is 0 Å². The van der Waals surface area contributed by atoms with Gasteiger partial charge in [0.25, 0.3) is 0 Å². The Morgan fingerprint density at radius 3 is 2.72 bits per heavy atom. The fourth-order valence-corrected chi connectivity index (χ4v) is 1.94. The highest BCUT2D eigenvalue weighted by atomic mass is 16.5. The van der Waals surface area contributed by atoms with Gasteiger partial charge in [0, 0.05) is 30.5 Å². The zero-order chi connectivity index (χ0) is 13.1. The summed E-state index contributed by atoms with van der Waals surface area (Å²) in [4.78, 5) is 0. The Morgan fingerprint density at radius 2 is 2.17 bits per heavy atom. The van der Waals surface area contributed by atoms with Gasteiger partial charge in [-0.2, -0.15) is 5.10 Å². The minimum atomic E-state index is 0.306. The third kappa shape index (κ3) is 2.61. The molecule has 0 aromatic carbocycles. The number of hydrogen-bond donors (Lipinski definition) is 1. The molecule has 1 N–H and O–H groups in total. The predicted molar refractivity (Wildman–Crippen MR) is 69.2 cm³/mol. The molecule has 2 aromatic rings. The molecule has 2 atom stereocenters. The lowest BCUT2D eigenvalue weighted by atomic mass is 10.1. The van der Waals surface area contributed by atoms with Crippen LogP contribution in [0.4, 0.5) is 0 Å². The third-order valence-electron chi connectivity index (χ3n) is 3.45. The Balaban J connectivity index is 1.94. The summed E-state index contributed by atoms with van der Waals surface area (Å²) >= 11 is 0. The van der Waals surface area contributed by atoms with Crippen LogP contribution in [0.25, 0.3) is 0 Å². The lowest BCUT2D eigenvalue weighted by molar-refractivity contribution is 0.362. The Bertz CT molecular complexity index is 470. The lowest BCUT2D eigenvalue weighted by Gasteiger charge is -2.21. The van der Waals surface area contributed by atoms with E-state index in [9.17, 15) is 0 Å². The average Bonchev–Trinajstić information content (AvgIpc) is 2.97. The average molecular weight is 248 g/mol. The van der Waals surface area contributed by atoms with Gasteiger partial charge < -0.3 is 9.84 Å². The van der Waals surface area contributed by atoms with Crippen molar-refractivity contribution >= 4 is 0 Å². The molecule has 2 heterocycles. The summed E-state index contributed by atoms with van der Waals surface area (Å²) in [5.41, 5.74) is 2.11. The molecule has 0 amide bonds. The summed E-state index contributed by atoms with van der Waals surface area (Å²) < 4.78 is 7.12. The van der Waals surface area contributed by atoms with Crippen molar-refractivity contribution in [2.24, 2.45) is 0 Å². The van der Waals surface area contributed by atoms with Crippen molar-refractivity contribution < 1.29 is 4.52 Å². The monoisotopic (exact) mass is 248 g/mol. The normalized spacial score (nSPS) is 14.7. The fourth-order valence-electron chi connectivity index (χ4n) is 1.94. The van der Waals surface area contributed by atoms with E-state index < -0.39 is 0 Å². The second kappa shape index (κ2) is 5.35. The molecule has 0 bridgehead atoms. The summed E-state index contributed by atoms with van der Waals surface area (Å²) in [6.45, 7) is 8.99. The van der Waals surface area contributed by atoms with Gasteiger partial charge in [0.2, 0.25) is 0 Å². The van der Waals surface area contributed by atoms with Crippen molar-refractivity contribution in [3.8, 4) is 0 Å². The van der Waals surface area contributed by atoms with Crippen LogP contribution in [0.5, 0.6) is 0 Å². The van der Waals surface area contributed by atoms with E-state index in [2.05, 4.69) is 29.4 Å². The van der Waals surface area contributed by atoms with Gasteiger partial charge in [-0.1, -0.05) is 5.16 Å². The molecule has 0 unspecified atom stereocenters. The molecule has 0 aliphatic heterocycles. The van der Waals surface area contributed by atoms with Crippen molar-refractivity contribution in [1.29, 1.82) is 0 Å². The third-order valence-corrected chi connectivity index (χ3v) is 3.45. The highest BCUT2D eigenvalue weighted by Gasteiger charge is 2.15. The van der Waals surface area contributed by atoms with E-state index >= 15 is 0 Å². The number of aromatic nitrogens is 3. The summed E-state index contributed by atoms with van der Waals surface area (Å²) in [6, 6.07) is 2.57. The SMILES string of the molecule is Cc1noc(C)c1CN[C@H](C)[C@H](C)n1cccn1. The molecule has 0 saturated heterocycles. The van der Waals surface area contributed by atoms with Crippen molar-refractivity contribution in [3.63, 3.8) is 0 Å². The zero-order valence-electron chi connectivity index (χ0n) is 11.3. The van der Waals surface area contributed by atoms with Gasteiger partial charge >= 0.3 is 0 Å². The summed E-state index contributed by atoms with van der Waals surface area (Å²) in [5.74, 6) is 0.888. The largest absolute Gasteiger partial charge is 0.361 e. The van der Waals surface area contributed by atoms with E-state index in [1.54, 1.807) is 6.20 Å². The Labute approximate surface area is 107 Å². The first-order chi connectivity index (χ1) is 8.59. The van der Waals surface area contributed by atoms with Crippen LogP contribution in [-0.2, 0) is 6.54 Å². The maximum absolute atomic E-state index is 5.15. The number of rotatable bonds is 5. The lowest BCUT2D eigenvalue weighted by Crippen LogP contribution is -2.33. The van der Waals surface area contributed by atoms with Gasteiger partial charge in [-0.3, -0.25) is 4.68 Å². The minimum Gasteiger partial charge on any atom is -0.361 e. The Morgan fingerprint density at radius 1 is 1.39 bits per heavy atom. The van der Waals surface area contributed by atoms with Gasteiger partial charge in [0.05, 0.1) is 11.7 Å². The van der Waals surface area contributed by atoms with E-state index in [0.29, 0.717) is 12.1 Å². The fraction of sp³-hybridized carbons (Fsp3) is 0.538. The van der Waals surface area contributed by atoms with Crippen LogP contribution in [0, 0.1) is 13.8 Å². The van der Waals surface area contributed by atoms with Crippen molar-refractivity contribution in [3.05, 3.63) is 35.5 Å². The van der Waals surface area contributed by atoms with Crippen LogP contribution in [0.1, 0.15) is 36.9 Å². The van der Waals surface area contributed by atoms with Crippen LogP contribution in [0.15, 0.2) is 23.0 Å². The van der Waals surface area contributed by atoms with E-state index in [1.165, 1.54) is 0 Å². The first-order valence-corrected chi connectivity index (χ1v) is 6.24. The molecule has 98 valence electrons. The van der Waals surface area contributed by atoms with Gasteiger partial charge in [-0.15, -0.1) is 0 Å². The molecule has 0 fully saturated rings. The Hall–Kier alpha value is -1.62. The van der Waals surface area contributed by atoms with Gasteiger partial charge in [0.15, 0.2) is 0 Å². The summed E-state index contributed by atoms with van der Waals surface area (Å²) in [6.07, 6.45) is 3.79. The van der Waals surface area contributed by atoms with Crippen molar-refractivity contribution in [2.45, 2.75) is 46.3 Å². The maximum atomic E-state index is 5.15. The topological polar surface area (TPSA) is 55.9 Å². The molecule has 0 saturated carbocycles. The number of aryl methyl sites for hydroxylation is 2. The highest BCUT2D eigenvalue weighted by molar-refractivity contribution is 5.20. The first-order valence-electron chi connectivity index (χ1n) is 6.24. The molecule has 2 rings (SSSR count). The molecule has 5 nitrogen and oxygen atoms in total. The van der Waals surface area contributed by atoms with Crippen LogP contribution in [-0.4, -0.2) is 21.0 Å². The van der Waals surface area contributed by atoms with Crippen LogP contribution in [0.2, 0.25) is 0 Å². The van der Waals surface area contributed by atoms with Crippen LogP contribution in [0.3, 0.4) is 0 Å². The Kier molecular flexibility index (Phi) is 3.81. The molecule has 18 heavy (non-hydrogen) atoms. The second-order valence-electron chi connectivity index (χ2n) is 4.70. The second-order valence-corrected chi connectivity index (χ2v) is 4.70. The molecule has 5 heteroatoms. The van der Waals surface area contributed by atoms with Gasteiger partial charge in [-0.25, -0.2) is 0 Å². The van der Waals surface area contributed by atoms with Gasteiger partial charge in [-0.05, 0) is 33.8 Å². The predicted octanol–water partition coefficient (Wildman–Crippen LogP) is 2.23. The smallest absolute Gasteiger partial charge is 0.138 e. The van der Waals surface area contributed by atoms with Crippen molar-refractivity contribution in [2.75, 3.05) is 0 Å². The quantitative estimate of drug-likeness (QED) is 0.881. The molecule has 0 spiro atoms.